The second kappa shape index (κ2) is 16.3. The summed E-state index contributed by atoms with van der Waals surface area (Å²) in [7, 11) is -6.30. The van der Waals surface area contributed by atoms with Crippen LogP contribution in [0.5, 0.6) is 23.0 Å². The van der Waals surface area contributed by atoms with Gasteiger partial charge >= 0.3 is 11.9 Å². The molecule has 10 rings (SSSR count). The second-order valence-corrected chi connectivity index (χ2v) is 20.4. The third-order valence-corrected chi connectivity index (χ3v) is 15.6. The van der Waals surface area contributed by atoms with Crippen LogP contribution in [0.25, 0.3) is 0 Å². The predicted octanol–water partition coefficient (Wildman–Crippen LogP) is 3.23. The zero-order valence-corrected chi connectivity index (χ0v) is 34.5. The van der Waals surface area contributed by atoms with Gasteiger partial charge in [0.25, 0.3) is 0 Å². The van der Waals surface area contributed by atoms with Gasteiger partial charge in [0.2, 0.25) is 33.6 Å². The van der Waals surface area contributed by atoms with Crippen molar-refractivity contribution >= 4 is 32.0 Å². The number of piperidine rings is 4. The van der Waals surface area contributed by atoms with E-state index in [0.717, 1.165) is 101 Å². The van der Waals surface area contributed by atoms with Crippen molar-refractivity contribution in [2.24, 2.45) is 11.8 Å². The molecule has 0 bridgehead atoms. The maximum atomic E-state index is 12.3. The highest BCUT2D eigenvalue weighted by Crippen LogP contribution is 2.48. The lowest BCUT2D eigenvalue weighted by molar-refractivity contribution is -0.134. The molecule has 4 saturated heterocycles. The molecule has 0 saturated carbocycles. The Morgan fingerprint density at radius 3 is 1.36 bits per heavy atom. The first-order chi connectivity index (χ1) is 27.6. The number of benzene rings is 2. The molecule has 316 valence electrons. The molecule has 2 aromatic carbocycles. The van der Waals surface area contributed by atoms with Crippen LogP contribution in [0.15, 0.2) is 36.4 Å². The largest absolute Gasteiger partial charge is 0.478 e. The summed E-state index contributed by atoms with van der Waals surface area (Å²) in [5.41, 5.74) is 5.25. The Kier molecular flexibility index (Phi) is 11.4. The molecule has 0 amide bonds. The Balaban J connectivity index is 0.000000137. The summed E-state index contributed by atoms with van der Waals surface area (Å²) in [6, 6.07) is 9.31. The average molecular weight is 845 g/mol. The first-order valence-corrected chi connectivity index (χ1v) is 23.7. The van der Waals surface area contributed by atoms with Crippen LogP contribution in [0.4, 0.5) is 0 Å². The van der Waals surface area contributed by atoms with Gasteiger partial charge < -0.3 is 29.2 Å². The highest BCUT2D eigenvalue weighted by Gasteiger charge is 2.47. The molecule has 0 aromatic heterocycles. The number of nitrogens with zero attached hydrogens (tertiary/aromatic N) is 4. The molecule has 58 heavy (non-hydrogen) atoms. The third-order valence-electron chi connectivity index (χ3n) is 13.0. The number of carbonyl (C=O) groups is 2. The summed E-state index contributed by atoms with van der Waals surface area (Å²) < 4.78 is 74.8. The number of hydrogen-bond acceptors (Lipinski definition) is 12. The van der Waals surface area contributed by atoms with Crippen molar-refractivity contribution in [3.8, 4) is 23.0 Å². The van der Waals surface area contributed by atoms with E-state index in [1.165, 1.54) is 34.8 Å². The van der Waals surface area contributed by atoms with E-state index in [2.05, 4.69) is 34.1 Å². The summed E-state index contributed by atoms with van der Waals surface area (Å²) >= 11 is 0. The maximum absolute atomic E-state index is 12.3. The number of rotatable bonds is 4. The first-order valence-electron chi connectivity index (χ1n) is 20.0. The van der Waals surface area contributed by atoms with Gasteiger partial charge in [-0.05, 0) is 110 Å². The molecule has 2 N–H and O–H groups in total. The van der Waals surface area contributed by atoms with Crippen molar-refractivity contribution in [1.29, 1.82) is 0 Å². The second-order valence-electron chi connectivity index (χ2n) is 16.5. The Morgan fingerprint density at radius 2 is 1.00 bits per heavy atom. The molecule has 16 nitrogen and oxygen atoms in total. The molecular weight excluding hydrogens is 793 g/mol. The molecule has 0 aliphatic carbocycles. The van der Waals surface area contributed by atoms with E-state index in [-0.39, 0.29) is 24.2 Å². The molecule has 8 heterocycles. The molecule has 8 aliphatic heterocycles. The molecule has 0 radical (unpaired) electrons. The summed E-state index contributed by atoms with van der Waals surface area (Å²) in [5, 5.41) is 15.6. The lowest BCUT2D eigenvalue weighted by Gasteiger charge is -2.51. The van der Waals surface area contributed by atoms with E-state index in [0.29, 0.717) is 50.7 Å². The quantitative estimate of drug-likeness (QED) is 0.427. The fourth-order valence-electron chi connectivity index (χ4n) is 10.6. The van der Waals surface area contributed by atoms with Gasteiger partial charge in [-0.3, -0.25) is 9.80 Å². The lowest BCUT2D eigenvalue weighted by Crippen LogP contribution is -2.57. The van der Waals surface area contributed by atoms with Crippen molar-refractivity contribution in [2.75, 3.05) is 65.4 Å². The summed E-state index contributed by atoms with van der Waals surface area (Å²) in [6.07, 6.45) is 11.8. The lowest BCUT2D eigenvalue weighted by atomic mass is 9.77. The molecular formula is C40H52N4O12S2. The summed E-state index contributed by atoms with van der Waals surface area (Å²) in [6.45, 7) is 5.99. The zero-order valence-electron chi connectivity index (χ0n) is 32.8. The third kappa shape index (κ3) is 8.41. The molecule has 6 atom stereocenters. The Morgan fingerprint density at radius 1 is 0.621 bits per heavy atom. The maximum Gasteiger partial charge on any atom is 0.328 e. The van der Waals surface area contributed by atoms with Crippen molar-refractivity contribution in [3.05, 3.63) is 58.7 Å². The topological polar surface area (TPSA) is 193 Å². The minimum atomic E-state index is -3.15. The van der Waals surface area contributed by atoms with Crippen LogP contribution in [0.3, 0.4) is 0 Å². The molecule has 8 aliphatic rings. The fraction of sp³-hybridized carbons (Fsp3) is 0.600. The minimum Gasteiger partial charge on any atom is -0.478 e. The Bertz CT molecular complexity index is 2030. The predicted molar refractivity (Wildman–Crippen MR) is 211 cm³/mol. The highest BCUT2D eigenvalue weighted by atomic mass is 32.2. The SMILES string of the molecule is CS(=O)(=O)N1CCC[C@@H]2CN3CCc4cc5c(cc4[C@@H]3C[C@@H]21)OCO5.CS(=O)(=O)N1CCC[C@@H]2CN3CCc4cc5c(cc4[C@@H]3C[C@@H]21)OCO5.O=C(O)/C=C\C(=O)O. The van der Waals surface area contributed by atoms with Crippen LogP contribution >= 0.6 is 0 Å². The fourth-order valence-corrected chi connectivity index (χ4v) is 13.0. The van der Waals surface area contributed by atoms with E-state index in [4.69, 9.17) is 29.2 Å². The monoisotopic (exact) mass is 844 g/mol. The zero-order chi connectivity index (χ0) is 40.9. The number of fused-ring (bicyclic) bond motifs is 10. The van der Waals surface area contributed by atoms with Gasteiger partial charge in [0.05, 0.1) is 12.5 Å². The number of hydrogen-bond donors (Lipinski definition) is 2. The van der Waals surface area contributed by atoms with E-state index >= 15 is 0 Å². The smallest absolute Gasteiger partial charge is 0.328 e. The van der Waals surface area contributed by atoms with Gasteiger partial charge in [-0.15, -0.1) is 0 Å². The Hall–Kier alpha value is -3.94. The van der Waals surface area contributed by atoms with Gasteiger partial charge in [-0.2, -0.15) is 8.61 Å². The number of carboxylic acids is 2. The highest BCUT2D eigenvalue weighted by molar-refractivity contribution is 7.88. The van der Waals surface area contributed by atoms with Crippen LogP contribution in [0.1, 0.15) is 72.9 Å². The van der Waals surface area contributed by atoms with Crippen molar-refractivity contribution in [1.82, 2.24) is 18.4 Å². The van der Waals surface area contributed by atoms with Crippen molar-refractivity contribution in [2.45, 2.75) is 75.5 Å². The first kappa shape index (κ1) is 40.8. The van der Waals surface area contributed by atoms with Crippen molar-refractivity contribution < 1.29 is 55.6 Å². The van der Waals surface area contributed by atoms with Crippen LogP contribution in [-0.4, -0.2) is 135 Å². The van der Waals surface area contributed by atoms with Gasteiger partial charge in [0, 0.05) is 75.6 Å². The number of ether oxygens (including phenoxy) is 4. The van der Waals surface area contributed by atoms with Crippen LogP contribution in [-0.2, 0) is 42.5 Å². The number of sulfonamides is 2. The summed E-state index contributed by atoms with van der Waals surface area (Å²) in [5.74, 6) is 1.73. The van der Waals surface area contributed by atoms with E-state index in [1.807, 2.05) is 0 Å². The van der Waals surface area contributed by atoms with Crippen LogP contribution in [0.2, 0.25) is 0 Å². The molecule has 4 fully saturated rings. The van der Waals surface area contributed by atoms with Gasteiger partial charge in [-0.25, -0.2) is 26.4 Å². The van der Waals surface area contributed by atoms with E-state index < -0.39 is 32.0 Å². The molecule has 0 unspecified atom stereocenters. The normalized spacial score (nSPS) is 28.9. The standard InChI is InChI=1S/2C18H24N2O4S.C4H4O4/c2*1-25(21,22)20-5-2-3-13-10-19-6-4-12-7-17-18(24-11-23-17)8-14(12)16(19)9-15(13)20;5-3(6)1-2-4(7)8/h2*7-8,13,15-16H,2-6,9-11H2,1H3;1-2H,(H,5,6)(H,7,8)/b;;2-1-/t2*13-,15+,16+;/m11./s1. The van der Waals surface area contributed by atoms with Gasteiger partial charge in [0.15, 0.2) is 23.0 Å². The number of aliphatic carboxylic acids is 2. The average Bonchev–Trinajstić information content (AvgIpc) is 3.85. The van der Waals surface area contributed by atoms with Crippen molar-refractivity contribution in [3.63, 3.8) is 0 Å². The van der Waals surface area contributed by atoms with E-state index in [1.54, 1.807) is 8.61 Å². The van der Waals surface area contributed by atoms with E-state index in [9.17, 15) is 26.4 Å². The van der Waals surface area contributed by atoms with Gasteiger partial charge in [0.1, 0.15) is 0 Å². The summed E-state index contributed by atoms with van der Waals surface area (Å²) in [4.78, 5) is 24.2. The van der Waals surface area contributed by atoms with Crippen LogP contribution in [0, 0.1) is 11.8 Å². The minimum absolute atomic E-state index is 0.126. The number of carboxylic acid groups (broad SMARTS) is 2. The molecule has 0 spiro atoms. The molecule has 18 heteroatoms. The Labute approximate surface area is 339 Å². The van der Waals surface area contributed by atoms with Crippen LogP contribution < -0.4 is 18.9 Å². The van der Waals surface area contributed by atoms with Gasteiger partial charge in [-0.1, -0.05) is 0 Å². The molecule has 2 aromatic rings.